The summed E-state index contributed by atoms with van der Waals surface area (Å²) in [6, 6.07) is 11.2. The normalized spacial score (nSPS) is 15.6. The van der Waals surface area contributed by atoms with Crippen LogP contribution in [0.3, 0.4) is 0 Å². The lowest BCUT2D eigenvalue weighted by atomic mass is 10.0. The van der Waals surface area contributed by atoms with Gasteiger partial charge in [-0.05, 0) is 65.8 Å². The zero-order valence-electron chi connectivity index (χ0n) is 17.4. The van der Waals surface area contributed by atoms with Gasteiger partial charge in [-0.2, -0.15) is 0 Å². The van der Waals surface area contributed by atoms with E-state index in [9.17, 15) is 9.59 Å². The molecule has 5 heteroatoms. The van der Waals surface area contributed by atoms with E-state index in [0.29, 0.717) is 17.5 Å². The van der Waals surface area contributed by atoms with Crippen molar-refractivity contribution in [3.63, 3.8) is 0 Å². The van der Waals surface area contributed by atoms with E-state index in [-0.39, 0.29) is 17.9 Å². The van der Waals surface area contributed by atoms with E-state index in [1.807, 2.05) is 65.8 Å². The molecule has 0 radical (unpaired) electrons. The summed E-state index contributed by atoms with van der Waals surface area (Å²) >= 11 is 0. The van der Waals surface area contributed by atoms with Gasteiger partial charge in [-0.1, -0.05) is 23.3 Å². The third-order valence-electron chi connectivity index (χ3n) is 4.75. The first kappa shape index (κ1) is 19.9. The highest BCUT2D eigenvalue weighted by Gasteiger charge is 2.31. The van der Waals surface area contributed by atoms with Crippen LogP contribution in [0.4, 0.5) is 0 Å². The number of benzene rings is 2. The Bertz CT molecular complexity index is 908. The van der Waals surface area contributed by atoms with Gasteiger partial charge in [0.25, 0.3) is 11.8 Å². The Balaban J connectivity index is 1.91. The molecule has 28 heavy (non-hydrogen) atoms. The molecule has 0 bridgehead atoms. The number of fused-ring (bicyclic) bond motifs is 1. The number of hydrogen-bond acceptors (Lipinski definition) is 3. The van der Waals surface area contributed by atoms with Gasteiger partial charge in [0.1, 0.15) is 11.9 Å². The molecule has 1 N–H and O–H groups in total. The number of ether oxygens (including phenoxy) is 1. The molecule has 2 amide bonds. The van der Waals surface area contributed by atoms with Gasteiger partial charge in [0.2, 0.25) is 0 Å². The summed E-state index contributed by atoms with van der Waals surface area (Å²) in [5.74, 6) is 0.204. The fraction of sp³-hybridized carbons (Fsp3) is 0.391. The number of nitrogens with zero attached hydrogens (tertiary/aromatic N) is 1. The monoisotopic (exact) mass is 380 g/mol. The number of carbonyl (C=O) groups excluding carboxylic acids is 2. The summed E-state index contributed by atoms with van der Waals surface area (Å²) in [4.78, 5) is 26.3. The van der Waals surface area contributed by atoms with Crippen LogP contribution in [0, 0.1) is 13.8 Å². The van der Waals surface area contributed by atoms with Gasteiger partial charge in [-0.15, -0.1) is 0 Å². The summed E-state index contributed by atoms with van der Waals surface area (Å²) < 4.78 is 5.75. The molecule has 0 aliphatic carbocycles. The molecular weight excluding hydrogens is 352 g/mol. The highest BCUT2D eigenvalue weighted by atomic mass is 16.5. The molecule has 1 heterocycles. The number of carbonyl (C=O) groups is 2. The van der Waals surface area contributed by atoms with Crippen LogP contribution >= 0.6 is 0 Å². The molecule has 148 valence electrons. The van der Waals surface area contributed by atoms with Crippen molar-refractivity contribution in [3.8, 4) is 5.75 Å². The first-order valence-electron chi connectivity index (χ1n) is 9.58. The van der Waals surface area contributed by atoms with Crippen molar-refractivity contribution in [3.05, 3.63) is 64.2 Å². The number of amides is 2. The fourth-order valence-corrected chi connectivity index (χ4v) is 3.56. The number of rotatable bonds is 2. The van der Waals surface area contributed by atoms with Gasteiger partial charge < -0.3 is 4.74 Å². The minimum absolute atomic E-state index is 0.0413. The molecule has 1 atom stereocenters. The van der Waals surface area contributed by atoms with Crippen molar-refractivity contribution >= 4 is 11.8 Å². The summed E-state index contributed by atoms with van der Waals surface area (Å²) in [6.45, 7) is 11.6. The summed E-state index contributed by atoms with van der Waals surface area (Å²) in [6.07, 6.45) is 0.721. The van der Waals surface area contributed by atoms with E-state index in [1.54, 1.807) is 12.1 Å². The van der Waals surface area contributed by atoms with E-state index >= 15 is 0 Å². The third-order valence-corrected chi connectivity index (χ3v) is 4.75. The van der Waals surface area contributed by atoms with Gasteiger partial charge in [-0.25, -0.2) is 5.01 Å². The molecule has 1 aliphatic heterocycles. The van der Waals surface area contributed by atoms with E-state index < -0.39 is 5.54 Å². The van der Waals surface area contributed by atoms with Crippen molar-refractivity contribution in [2.75, 3.05) is 0 Å². The Labute approximate surface area is 166 Å². The van der Waals surface area contributed by atoms with Crippen molar-refractivity contribution in [2.24, 2.45) is 0 Å². The largest absolute Gasteiger partial charge is 0.490 e. The lowest BCUT2D eigenvalue weighted by Crippen LogP contribution is -2.56. The van der Waals surface area contributed by atoms with E-state index in [0.717, 1.165) is 22.4 Å². The highest BCUT2D eigenvalue weighted by Crippen LogP contribution is 2.31. The number of aryl methyl sites for hydroxylation is 2. The molecule has 0 fully saturated rings. The first-order valence-corrected chi connectivity index (χ1v) is 9.58. The van der Waals surface area contributed by atoms with Gasteiger partial charge in [-0.3, -0.25) is 15.0 Å². The van der Waals surface area contributed by atoms with Gasteiger partial charge >= 0.3 is 0 Å². The quantitative estimate of drug-likeness (QED) is 0.794. The molecule has 1 unspecified atom stereocenters. The molecule has 0 spiro atoms. The molecule has 0 saturated carbocycles. The van der Waals surface area contributed by atoms with E-state index in [1.165, 1.54) is 5.01 Å². The van der Waals surface area contributed by atoms with Crippen molar-refractivity contribution in [1.29, 1.82) is 0 Å². The maximum Gasteiger partial charge on any atom is 0.272 e. The maximum absolute atomic E-state index is 13.2. The Morgan fingerprint density at radius 2 is 1.75 bits per heavy atom. The lowest BCUT2D eigenvalue weighted by Gasteiger charge is -2.35. The Kier molecular flexibility index (Phi) is 5.20. The van der Waals surface area contributed by atoms with Crippen LogP contribution in [0.2, 0.25) is 0 Å². The SMILES string of the molecule is Cc1cc(C)cc(C(=O)N(NC(=O)c2cccc3c2CC(C)O3)C(C)(C)C)c1. The van der Waals surface area contributed by atoms with Crippen LogP contribution in [-0.4, -0.2) is 28.5 Å². The standard InChI is InChI=1S/C23H28N2O3/c1-14-10-15(2)12-17(11-14)22(27)25(23(4,5)6)24-21(26)18-8-7-9-20-19(18)13-16(3)28-20/h7-12,16H,13H2,1-6H3,(H,24,26). The first-order chi connectivity index (χ1) is 13.1. The van der Waals surface area contributed by atoms with Crippen LogP contribution in [0.15, 0.2) is 36.4 Å². The minimum Gasteiger partial charge on any atom is -0.490 e. The Hall–Kier alpha value is -2.82. The molecule has 2 aromatic rings. The summed E-state index contributed by atoms with van der Waals surface area (Å²) in [5.41, 5.74) is 6.27. The topological polar surface area (TPSA) is 58.6 Å². The summed E-state index contributed by atoms with van der Waals surface area (Å²) in [5, 5.41) is 1.42. The average Bonchev–Trinajstić information content (AvgIpc) is 2.97. The number of hydrogen-bond donors (Lipinski definition) is 1. The third kappa shape index (κ3) is 4.03. The van der Waals surface area contributed by atoms with E-state index in [2.05, 4.69) is 5.43 Å². The lowest BCUT2D eigenvalue weighted by molar-refractivity contribution is 0.0358. The van der Waals surface area contributed by atoms with Crippen LogP contribution in [-0.2, 0) is 6.42 Å². The number of nitrogens with one attached hydrogen (secondary N) is 1. The second-order valence-electron chi connectivity index (χ2n) is 8.54. The van der Waals surface area contributed by atoms with Crippen molar-refractivity contribution in [2.45, 2.75) is 59.6 Å². The molecule has 0 aromatic heterocycles. The Morgan fingerprint density at radius 3 is 2.36 bits per heavy atom. The zero-order chi connectivity index (χ0) is 20.6. The van der Waals surface area contributed by atoms with Crippen LogP contribution in [0.5, 0.6) is 5.75 Å². The molecule has 5 nitrogen and oxygen atoms in total. The predicted molar refractivity (Wildman–Crippen MR) is 110 cm³/mol. The minimum atomic E-state index is -0.591. The van der Waals surface area contributed by atoms with Gasteiger partial charge in [0, 0.05) is 23.1 Å². The second kappa shape index (κ2) is 7.30. The van der Waals surface area contributed by atoms with Gasteiger partial charge in [0.05, 0.1) is 5.54 Å². The molecule has 2 aromatic carbocycles. The molecule has 1 aliphatic rings. The maximum atomic E-state index is 13.2. The molecule has 0 saturated heterocycles. The van der Waals surface area contributed by atoms with E-state index in [4.69, 9.17) is 4.74 Å². The summed E-state index contributed by atoms with van der Waals surface area (Å²) in [7, 11) is 0. The number of hydrazine groups is 1. The van der Waals surface area contributed by atoms with Crippen LogP contribution in [0.1, 0.15) is 65.1 Å². The second-order valence-corrected chi connectivity index (χ2v) is 8.54. The predicted octanol–water partition coefficient (Wildman–Crippen LogP) is 4.21. The molecular formula is C23H28N2O3. The zero-order valence-corrected chi connectivity index (χ0v) is 17.4. The fourth-order valence-electron chi connectivity index (χ4n) is 3.56. The van der Waals surface area contributed by atoms with Crippen LogP contribution < -0.4 is 10.2 Å². The van der Waals surface area contributed by atoms with Gasteiger partial charge in [0.15, 0.2) is 0 Å². The van der Waals surface area contributed by atoms with Crippen molar-refractivity contribution < 1.29 is 14.3 Å². The molecule has 3 rings (SSSR count). The average molecular weight is 380 g/mol. The van der Waals surface area contributed by atoms with Crippen LogP contribution in [0.25, 0.3) is 0 Å². The highest BCUT2D eigenvalue weighted by molar-refractivity contribution is 6.00. The smallest absolute Gasteiger partial charge is 0.272 e. The Morgan fingerprint density at radius 1 is 1.11 bits per heavy atom. The van der Waals surface area contributed by atoms with Crippen molar-refractivity contribution in [1.82, 2.24) is 10.4 Å².